The van der Waals surface area contributed by atoms with Gasteiger partial charge in [0, 0.05) is 11.5 Å². The van der Waals surface area contributed by atoms with Crippen molar-refractivity contribution < 1.29 is 22.7 Å². The zero-order chi connectivity index (χ0) is 14.2. The van der Waals surface area contributed by atoms with Gasteiger partial charge in [-0.15, -0.1) is 0 Å². The normalized spacial score (nSPS) is 24.2. The van der Waals surface area contributed by atoms with Crippen LogP contribution in [0.5, 0.6) is 0 Å². The number of carbonyl (C=O) groups is 1. The molecule has 1 fully saturated rings. The van der Waals surface area contributed by atoms with E-state index >= 15 is 0 Å². The van der Waals surface area contributed by atoms with Crippen molar-refractivity contribution in [2.24, 2.45) is 0 Å². The molecule has 1 aliphatic heterocycles. The molecule has 1 aliphatic rings. The molecule has 2 rings (SSSR count). The number of hydrogen-bond donors (Lipinski definition) is 0. The summed E-state index contributed by atoms with van der Waals surface area (Å²) in [6, 6.07) is 4.83. The molecule has 0 amide bonds. The molecule has 5 heteroatoms. The van der Waals surface area contributed by atoms with Crippen LogP contribution in [-0.4, -0.2) is 12.1 Å². The van der Waals surface area contributed by atoms with Gasteiger partial charge in [-0.3, -0.25) is 0 Å². The average molecular weight is 270 g/mol. The molecule has 0 aromatic heterocycles. The van der Waals surface area contributed by atoms with E-state index in [1.54, 1.807) is 6.92 Å². The highest BCUT2D eigenvalue weighted by Gasteiger charge is 2.33. The molecule has 1 heterocycles. The van der Waals surface area contributed by atoms with E-state index in [1.807, 2.05) is 0 Å². The van der Waals surface area contributed by atoms with Crippen LogP contribution in [0.15, 0.2) is 36.4 Å². The molecule has 2 atom stereocenters. The van der Waals surface area contributed by atoms with Gasteiger partial charge in [0.05, 0.1) is 5.56 Å². The Morgan fingerprint density at radius 2 is 1.84 bits per heavy atom. The lowest BCUT2D eigenvalue weighted by Gasteiger charge is -2.28. The summed E-state index contributed by atoms with van der Waals surface area (Å²) in [5, 5.41) is 0. The SMILES string of the molecule is C=C1C(=O)OC(C)CC1c1ccc(C(F)(F)F)cc1. The number of cyclic esters (lactones) is 1. The fraction of sp³-hybridized carbons (Fsp3) is 0.357. The molecule has 1 aromatic rings. The Labute approximate surface area is 108 Å². The maximum Gasteiger partial charge on any atom is 0.416 e. The van der Waals surface area contributed by atoms with Gasteiger partial charge in [-0.2, -0.15) is 13.2 Å². The molecule has 2 unspecified atom stereocenters. The standard InChI is InChI=1S/C14H13F3O2/c1-8-7-12(9(2)13(18)19-8)10-3-5-11(6-4-10)14(15,16)17/h3-6,8,12H,2,7H2,1H3. The molecule has 1 saturated heterocycles. The van der Waals surface area contributed by atoms with Gasteiger partial charge in [0.1, 0.15) is 6.10 Å². The molecule has 0 aliphatic carbocycles. The van der Waals surface area contributed by atoms with E-state index in [0.717, 1.165) is 12.1 Å². The average Bonchev–Trinajstić information content (AvgIpc) is 2.33. The number of ether oxygens (including phenoxy) is 1. The predicted octanol–water partition coefficient (Wildman–Crippen LogP) is 3.68. The van der Waals surface area contributed by atoms with E-state index in [4.69, 9.17) is 4.74 Å². The molecule has 19 heavy (non-hydrogen) atoms. The Kier molecular flexibility index (Phi) is 3.39. The second kappa shape index (κ2) is 4.72. The van der Waals surface area contributed by atoms with E-state index in [0.29, 0.717) is 12.0 Å². The fourth-order valence-electron chi connectivity index (χ4n) is 2.16. The number of rotatable bonds is 1. The van der Waals surface area contributed by atoms with Crippen LogP contribution in [-0.2, 0) is 15.7 Å². The van der Waals surface area contributed by atoms with Gasteiger partial charge in [0.25, 0.3) is 0 Å². The number of alkyl halides is 3. The Morgan fingerprint density at radius 1 is 1.26 bits per heavy atom. The van der Waals surface area contributed by atoms with Gasteiger partial charge in [0.15, 0.2) is 0 Å². The van der Waals surface area contributed by atoms with E-state index in [1.165, 1.54) is 12.1 Å². The molecule has 0 N–H and O–H groups in total. The Morgan fingerprint density at radius 3 is 2.37 bits per heavy atom. The zero-order valence-corrected chi connectivity index (χ0v) is 10.3. The van der Waals surface area contributed by atoms with Gasteiger partial charge >= 0.3 is 12.1 Å². The molecular weight excluding hydrogens is 257 g/mol. The number of halogens is 3. The summed E-state index contributed by atoms with van der Waals surface area (Å²) in [7, 11) is 0. The molecule has 0 saturated carbocycles. The van der Waals surface area contributed by atoms with Crippen molar-refractivity contribution in [3.8, 4) is 0 Å². The van der Waals surface area contributed by atoms with Gasteiger partial charge < -0.3 is 4.74 Å². The maximum absolute atomic E-state index is 12.5. The Bertz CT molecular complexity index is 502. The Balaban J connectivity index is 2.27. The predicted molar refractivity (Wildman–Crippen MR) is 63.5 cm³/mol. The van der Waals surface area contributed by atoms with E-state index < -0.39 is 17.7 Å². The number of esters is 1. The van der Waals surface area contributed by atoms with Crippen molar-refractivity contribution >= 4 is 5.97 Å². The van der Waals surface area contributed by atoms with Crippen molar-refractivity contribution in [1.82, 2.24) is 0 Å². The second-order valence-electron chi connectivity index (χ2n) is 4.65. The van der Waals surface area contributed by atoms with Crippen LogP contribution >= 0.6 is 0 Å². The Hall–Kier alpha value is -1.78. The summed E-state index contributed by atoms with van der Waals surface area (Å²) in [5.41, 5.74) is 0.243. The molecule has 2 nitrogen and oxygen atoms in total. The second-order valence-corrected chi connectivity index (χ2v) is 4.65. The third-order valence-electron chi connectivity index (χ3n) is 3.20. The van der Waals surface area contributed by atoms with Crippen LogP contribution in [0.1, 0.15) is 30.4 Å². The van der Waals surface area contributed by atoms with Crippen LogP contribution in [0, 0.1) is 0 Å². The van der Waals surface area contributed by atoms with Crippen LogP contribution in [0.2, 0.25) is 0 Å². The zero-order valence-electron chi connectivity index (χ0n) is 10.3. The van der Waals surface area contributed by atoms with Crippen LogP contribution in [0.4, 0.5) is 13.2 Å². The molecule has 1 aromatic carbocycles. The quantitative estimate of drug-likeness (QED) is 0.574. The van der Waals surface area contributed by atoms with Crippen LogP contribution in [0.25, 0.3) is 0 Å². The maximum atomic E-state index is 12.5. The molecular formula is C14H13F3O2. The van der Waals surface area contributed by atoms with Crippen LogP contribution < -0.4 is 0 Å². The highest BCUT2D eigenvalue weighted by atomic mass is 19.4. The lowest BCUT2D eigenvalue weighted by Crippen LogP contribution is -2.28. The first-order valence-corrected chi connectivity index (χ1v) is 5.86. The summed E-state index contributed by atoms with van der Waals surface area (Å²) >= 11 is 0. The molecule has 0 radical (unpaired) electrons. The highest BCUT2D eigenvalue weighted by Crippen LogP contribution is 2.36. The number of carbonyl (C=O) groups excluding carboxylic acids is 1. The van der Waals surface area contributed by atoms with Crippen LogP contribution in [0.3, 0.4) is 0 Å². The monoisotopic (exact) mass is 270 g/mol. The van der Waals surface area contributed by atoms with E-state index in [9.17, 15) is 18.0 Å². The van der Waals surface area contributed by atoms with E-state index in [-0.39, 0.29) is 17.6 Å². The summed E-state index contributed by atoms with van der Waals surface area (Å²) in [5.74, 6) is -0.762. The van der Waals surface area contributed by atoms with Crippen molar-refractivity contribution in [1.29, 1.82) is 0 Å². The minimum absolute atomic E-state index is 0.259. The number of benzene rings is 1. The van der Waals surface area contributed by atoms with Gasteiger partial charge in [0.2, 0.25) is 0 Å². The highest BCUT2D eigenvalue weighted by molar-refractivity contribution is 5.90. The summed E-state index contributed by atoms with van der Waals surface area (Å²) < 4.78 is 42.4. The van der Waals surface area contributed by atoms with Gasteiger partial charge in [-0.05, 0) is 31.0 Å². The largest absolute Gasteiger partial charge is 0.459 e. The van der Waals surface area contributed by atoms with E-state index in [2.05, 4.69) is 6.58 Å². The first kappa shape index (κ1) is 13.6. The minimum atomic E-state index is -4.35. The smallest absolute Gasteiger partial charge is 0.416 e. The fourth-order valence-corrected chi connectivity index (χ4v) is 2.16. The van der Waals surface area contributed by atoms with Crippen molar-refractivity contribution in [3.05, 3.63) is 47.5 Å². The first-order valence-electron chi connectivity index (χ1n) is 5.86. The minimum Gasteiger partial charge on any atom is -0.459 e. The van der Waals surface area contributed by atoms with Crippen molar-refractivity contribution in [3.63, 3.8) is 0 Å². The summed E-state index contributed by atoms with van der Waals surface area (Å²) in [6.45, 7) is 5.41. The van der Waals surface area contributed by atoms with Crippen molar-refractivity contribution in [2.75, 3.05) is 0 Å². The van der Waals surface area contributed by atoms with Gasteiger partial charge in [-0.1, -0.05) is 18.7 Å². The van der Waals surface area contributed by atoms with Crippen molar-refractivity contribution in [2.45, 2.75) is 31.5 Å². The number of hydrogen-bond acceptors (Lipinski definition) is 2. The molecule has 0 bridgehead atoms. The molecule has 0 spiro atoms. The van der Waals surface area contributed by atoms with Gasteiger partial charge in [-0.25, -0.2) is 4.79 Å². The first-order chi connectivity index (χ1) is 8.79. The lowest BCUT2D eigenvalue weighted by atomic mass is 9.85. The third-order valence-corrected chi connectivity index (χ3v) is 3.20. The summed E-state index contributed by atoms with van der Waals surface area (Å²) in [4.78, 5) is 11.5. The lowest BCUT2D eigenvalue weighted by molar-refractivity contribution is -0.147. The topological polar surface area (TPSA) is 26.3 Å². The summed E-state index contributed by atoms with van der Waals surface area (Å²) in [6.07, 6.45) is -4.07. The molecule has 102 valence electrons. The third kappa shape index (κ3) is 2.80.